The van der Waals surface area contributed by atoms with E-state index >= 15 is 0 Å². The lowest BCUT2D eigenvalue weighted by Gasteiger charge is -2.36. The van der Waals surface area contributed by atoms with Crippen LogP contribution in [0.1, 0.15) is 32.1 Å². The van der Waals surface area contributed by atoms with Gasteiger partial charge in [-0.25, -0.2) is 18.1 Å². The minimum absolute atomic E-state index is 0.106. The molecule has 22 heavy (non-hydrogen) atoms. The SMILES string of the molecule is CN1N=C(C(=O)N2CCCC[C@@H]2CNS(C)(=O)=O)CCC1=O. The van der Waals surface area contributed by atoms with Crippen LogP contribution in [0.4, 0.5) is 0 Å². The second-order valence-corrected chi connectivity index (χ2v) is 7.57. The van der Waals surface area contributed by atoms with Gasteiger partial charge >= 0.3 is 0 Å². The van der Waals surface area contributed by atoms with Crippen molar-refractivity contribution in [3.05, 3.63) is 0 Å². The predicted molar refractivity (Wildman–Crippen MR) is 81.6 cm³/mol. The molecule has 1 fully saturated rings. The van der Waals surface area contributed by atoms with Crippen LogP contribution in [0.5, 0.6) is 0 Å². The van der Waals surface area contributed by atoms with Gasteiger partial charge in [0.1, 0.15) is 5.71 Å². The smallest absolute Gasteiger partial charge is 0.270 e. The van der Waals surface area contributed by atoms with Crippen LogP contribution in [-0.4, -0.2) is 68.3 Å². The molecule has 8 nitrogen and oxygen atoms in total. The Hall–Kier alpha value is -1.48. The molecule has 2 heterocycles. The van der Waals surface area contributed by atoms with E-state index < -0.39 is 10.0 Å². The number of carbonyl (C=O) groups is 2. The van der Waals surface area contributed by atoms with E-state index in [-0.39, 0.29) is 30.8 Å². The zero-order valence-corrected chi connectivity index (χ0v) is 13.7. The Bertz CT molecular complexity index is 587. The Kier molecular flexibility index (Phi) is 5.17. The number of hydrogen-bond donors (Lipinski definition) is 1. The maximum Gasteiger partial charge on any atom is 0.270 e. The summed E-state index contributed by atoms with van der Waals surface area (Å²) in [4.78, 5) is 25.7. The molecule has 1 saturated heterocycles. The Morgan fingerprint density at radius 1 is 1.36 bits per heavy atom. The number of amides is 2. The van der Waals surface area contributed by atoms with Gasteiger partial charge in [-0.15, -0.1) is 0 Å². The average molecular weight is 330 g/mol. The van der Waals surface area contributed by atoms with Crippen molar-refractivity contribution in [1.82, 2.24) is 14.6 Å². The molecule has 1 N–H and O–H groups in total. The molecular weight excluding hydrogens is 308 g/mol. The van der Waals surface area contributed by atoms with E-state index in [1.165, 1.54) is 12.1 Å². The molecule has 0 aromatic carbocycles. The first-order valence-corrected chi connectivity index (χ1v) is 9.26. The second kappa shape index (κ2) is 6.74. The Balaban J connectivity index is 2.08. The number of nitrogens with one attached hydrogen (secondary N) is 1. The van der Waals surface area contributed by atoms with Gasteiger partial charge in [-0.3, -0.25) is 9.59 Å². The third kappa shape index (κ3) is 4.26. The van der Waals surface area contributed by atoms with Gasteiger partial charge in [-0.2, -0.15) is 5.10 Å². The predicted octanol–water partition coefficient (Wildman–Crippen LogP) is -0.475. The van der Waals surface area contributed by atoms with Crippen molar-refractivity contribution in [2.45, 2.75) is 38.1 Å². The van der Waals surface area contributed by atoms with Crippen molar-refractivity contribution in [3.8, 4) is 0 Å². The molecule has 2 aliphatic heterocycles. The summed E-state index contributed by atoms with van der Waals surface area (Å²) in [5, 5.41) is 5.25. The Labute approximate surface area is 130 Å². The highest BCUT2D eigenvalue weighted by Crippen LogP contribution is 2.19. The van der Waals surface area contributed by atoms with Crippen LogP contribution in [0.25, 0.3) is 0 Å². The molecule has 0 saturated carbocycles. The summed E-state index contributed by atoms with van der Waals surface area (Å²) in [6.07, 6.45) is 4.34. The first kappa shape index (κ1) is 16.9. The lowest BCUT2D eigenvalue weighted by molar-refractivity contribution is -0.131. The minimum Gasteiger partial charge on any atom is -0.333 e. The van der Waals surface area contributed by atoms with Gasteiger partial charge in [0, 0.05) is 39.0 Å². The van der Waals surface area contributed by atoms with Gasteiger partial charge in [0.25, 0.3) is 5.91 Å². The average Bonchev–Trinajstić information content (AvgIpc) is 2.47. The first-order valence-electron chi connectivity index (χ1n) is 7.37. The molecule has 0 unspecified atom stereocenters. The summed E-state index contributed by atoms with van der Waals surface area (Å²) < 4.78 is 25.0. The molecule has 9 heteroatoms. The molecule has 0 aromatic heterocycles. The van der Waals surface area contributed by atoms with Crippen molar-refractivity contribution in [2.75, 3.05) is 26.4 Å². The molecule has 2 amide bonds. The number of piperidine rings is 1. The molecule has 0 radical (unpaired) electrons. The molecular formula is C13H22N4O4S. The summed E-state index contributed by atoms with van der Waals surface area (Å²) >= 11 is 0. The summed E-state index contributed by atoms with van der Waals surface area (Å²) in [5.41, 5.74) is 0.369. The van der Waals surface area contributed by atoms with Gasteiger partial charge in [0.05, 0.1) is 6.26 Å². The fourth-order valence-corrected chi connectivity index (χ4v) is 3.21. The Morgan fingerprint density at radius 2 is 2.09 bits per heavy atom. The summed E-state index contributed by atoms with van der Waals surface area (Å²) in [6.45, 7) is 0.804. The van der Waals surface area contributed by atoms with Crippen LogP contribution >= 0.6 is 0 Å². The van der Waals surface area contributed by atoms with Crippen LogP contribution in [-0.2, 0) is 19.6 Å². The lowest BCUT2D eigenvalue weighted by atomic mass is 10.0. The fourth-order valence-electron chi connectivity index (χ4n) is 2.72. The maximum absolute atomic E-state index is 12.6. The van der Waals surface area contributed by atoms with E-state index in [4.69, 9.17) is 0 Å². The summed E-state index contributed by atoms with van der Waals surface area (Å²) in [5.74, 6) is -0.301. The molecule has 1 atom stereocenters. The lowest BCUT2D eigenvalue weighted by Crippen LogP contribution is -2.52. The summed E-state index contributed by atoms with van der Waals surface area (Å²) in [7, 11) is -1.75. The number of hydrazone groups is 1. The topological polar surface area (TPSA) is 99.2 Å². The van der Waals surface area contributed by atoms with Gasteiger partial charge in [0.15, 0.2) is 0 Å². The highest BCUT2D eigenvalue weighted by Gasteiger charge is 2.32. The van der Waals surface area contributed by atoms with Crippen LogP contribution in [0, 0.1) is 0 Å². The molecule has 0 bridgehead atoms. The van der Waals surface area contributed by atoms with E-state index in [0.29, 0.717) is 18.7 Å². The molecule has 2 aliphatic rings. The van der Waals surface area contributed by atoms with Crippen LogP contribution in [0.15, 0.2) is 5.10 Å². The number of likely N-dealkylation sites (tertiary alicyclic amines) is 1. The van der Waals surface area contributed by atoms with Crippen molar-refractivity contribution >= 4 is 27.5 Å². The highest BCUT2D eigenvalue weighted by molar-refractivity contribution is 7.88. The van der Waals surface area contributed by atoms with E-state index in [2.05, 4.69) is 9.82 Å². The number of hydrogen-bond acceptors (Lipinski definition) is 5. The normalized spacial score (nSPS) is 23.5. The zero-order valence-electron chi connectivity index (χ0n) is 12.9. The highest BCUT2D eigenvalue weighted by atomic mass is 32.2. The van der Waals surface area contributed by atoms with Gasteiger partial charge in [-0.1, -0.05) is 0 Å². The third-order valence-corrected chi connectivity index (χ3v) is 4.61. The molecule has 2 rings (SSSR count). The molecule has 0 aliphatic carbocycles. The largest absolute Gasteiger partial charge is 0.333 e. The van der Waals surface area contributed by atoms with Gasteiger partial charge in [0.2, 0.25) is 15.9 Å². The number of sulfonamides is 1. The van der Waals surface area contributed by atoms with E-state index in [9.17, 15) is 18.0 Å². The van der Waals surface area contributed by atoms with Crippen molar-refractivity contribution in [1.29, 1.82) is 0 Å². The third-order valence-electron chi connectivity index (χ3n) is 3.92. The van der Waals surface area contributed by atoms with Crippen LogP contribution in [0.2, 0.25) is 0 Å². The molecule has 0 spiro atoms. The minimum atomic E-state index is -3.28. The number of rotatable bonds is 4. The second-order valence-electron chi connectivity index (χ2n) is 5.73. The van der Waals surface area contributed by atoms with Crippen molar-refractivity contribution in [3.63, 3.8) is 0 Å². The van der Waals surface area contributed by atoms with E-state index in [1.807, 2.05) is 0 Å². The van der Waals surface area contributed by atoms with Crippen molar-refractivity contribution in [2.24, 2.45) is 5.10 Å². The molecule has 0 aromatic rings. The zero-order chi connectivity index (χ0) is 16.3. The summed E-state index contributed by atoms with van der Waals surface area (Å²) in [6, 6.07) is -0.165. The monoisotopic (exact) mass is 330 g/mol. The number of carbonyl (C=O) groups excluding carboxylic acids is 2. The fraction of sp³-hybridized carbons (Fsp3) is 0.769. The number of nitrogens with zero attached hydrogens (tertiary/aromatic N) is 3. The van der Waals surface area contributed by atoms with Gasteiger partial charge in [-0.05, 0) is 19.3 Å². The van der Waals surface area contributed by atoms with Crippen LogP contribution in [0.3, 0.4) is 0 Å². The first-order chi connectivity index (χ1) is 10.3. The maximum atomic E-state index is 12.6. The van der Waals surface area contributed by atoms with E-state index in [0.717, 1.165) is 25.5 Å². The van der Waals surface area contributed by atoms with E-state index in [1.54, 1.807) is 4.90 Å². The van der Waals surface area contributed by atoms with Crippen molar-refractivity contribution < 1.29 is 18.0 Å². The van der Waals surface area contributed by atoms with Crippen LogP contribution < -0.4 is 4.72 Å². The molecule has 124 valence electrons. The quantitative estimate of drug-likeness (QED) is 0.753. The van der Waals surface area contributed by atoms with Gasteiger partial charge < -0.3 is 4.90 Å². The standard InChI is InChI=1S/C13H22N4O4S/c1-16-12(18)7-6-11(15-16)13(19)17-8-4-3-5-10(17)9-14-22(2,20)21/h10,14H,3-9H2,1-2H3/t10-/m1/s1. The Morgan fingerprint density at radius 3 is 2.73 bits per heavy atom.